The largest absolute Gasteiger partial charge is 0.376 e. The second-order valence-corrected chi connectivity index (χ2v) is 7.61. The molecular weight excluding hydrogens is 326 g/mol. The van der Waals surface area contributed by atoms with E-state index < -0.39 is 6.10 Å². The van der Waals surface area contributed by atoms with Gasteiger partial charge in [0.25, 0.3) is 5.91 Å². The molecule has 2 aliphatic heterocycles. The molecule has 2 aliphatic rings. The molecule has 0 aromatic carbocycles. The second-order valence-electron chi connectivity index (χ2n) is 6.55. The maximum absolute atomic E-state index is 12.3. The molecule has 0 bridgehead atoms. The van der Waals surface area contributed by atoms with Crippen LogP contribution in [0.15, 0.2) is 6.20 Å². The molecule has 3 heterocycles. The number of ether oxygens (including phenoxy) is 2. The van der Waals surface area contributed by atoms with Crippen LogP contribution in [0.2, 0.25) is 0 Å². The van der Waals surface area contributed by atoms with Crippen LogP contribution < -0.4 is 10.6 Å². The highest BCUT2D eigenvalue weighted by atomic mass is 32.1. The lowest BCUT2D eigenvalue weighted by atomic mass is 9.97. The maximum Gasteiger partial charge on any atom is 0.254 e. The number of nitrogens with one attached hydrogen (secondary N) is 2. The average Bonchev–Trinajstić information content (AvgIpc) is 3.10. The van der Waals surface area contributed by atoms with Crippen molar-refractivity contribution in [2.24, 2.45) is 0 Å². The van der Waals surface area contributed by atoms with Crippen molar-refractivity contribution < 1.29 is 14.3 Å². The van der Waals surface area contributed by atoms with Gasteiger partial charge in [0.2, 0.25) is 0 Å². The van der Waals surface area contributed by atoms with Crippen molar-refractivity contribution in [3.05, 3.63) is 11.1 Å². The summed E-state index contributed by atoms with van der Waals surface area (Å²) in [5, 5.41) is 6.91. The van der Waals surface area contributed by atoms with Gasteiger partial charge in [0.1, 0.15) is 6.10 Å². The van der Waals surface area contributed by atoms with Crippen molar-refractivity contribution in [3.8, 4) is 0 Å². The zero-order chi connectivity index (χ0) is 16.8. The Hall–Kier alpha value is -1.02. The third-order valence-corrected chi connectivity index (χ3v) is 5.75. The first-order chi connectivity index (χ1) is 11.7. The number of thiazole rings is 1. The minimum absolute atomic E-state index is 0.125. The van der Waals surface area contributed by atoms with Crippen LogP contribution in [0.25, 0.3) is 0 Å². The standard InChI is InChI=1S/C17H27N3O3S/c1-12(23-11-14-4-2-3-9-22-14)16(21)20-17-19-10-15(24-17)13-5-7-18-8-6-13/h10,12-14,18H,2-9,11H2,1H3,(H,19,20,21). The number of hydrogen-bond acceptors (Lipinski definition) is 6. The van der Waals surface area contributed by atoms with Crippen LogP contribution in [0.1, 0.15) is 49.8 Å². The zero-order valence-corrected chi connectivity index (χ0v) is 15.1. The van der Waals surface area contributed by atoms with Crippen LogP contribution in [0.4, 0.5) is 5.13 Å². The maximum atomic E-state index is 12.3. The topological polar surface area (TPSA) is 72.5 Å². The molecule has 2 N–H and O–H groups in total. The number of amides is 1. The summed E-state index contributed by atoms with van der Waals surface area (Å²) < 4.78 is 11.3. The normalized spacial score (nSPS) is 23.8. The van der Waals surface area contributed by atoms with Crippen molar-refractivity contribution in [1.29, 1.82) is 0 Å². The Balaban J connectivity index is 1.44. The SMILES string of the molecule is CC(OCC1CCCCO1)C(=O)Nc1ncc(C2CCNCC2)s1. The molecule has 7 heteroatoms. The highest BCUT2D eigenvalue weighted by Crippen LogP contribution is 2.31. The first kappa shape index (κ1) is 17.8. The van der Waals surface area contributed by atoms with Gasteiger partial charge in [-0.2, -0.15) is 0 Å². The predicted octanol–water partition coefficient (Wildman–Crippen LogP) is 2.52. The van der Waals surface area contributed by atoms with Gasteiger partial charge in [-0.25, -0.2) is 4.98 Å². The second kappa shape index (κ2) is 8.89. The number of hydrogen-bond donors (Lipinski definition) is 2. The third-order valence-electron chi connectivity index (χ3n) is 4.67. The van der Waals surface area contributed by atoms with E-state index in [4.69, 9.17) is 9.47 Å². The number of aromatic nitrogens is 1. The lowest BCUT2D eigenvalue weighted by Gasteiger charge is -2.23. The van der Waals surface area contributed by atoms with E-state index in [1.807, 2.05) is 6.20 Å². The van der Waals surface area contributed by atoms with E-state index in [1.165, 1.54) is 11.3 Å². The summed E-state index contributed by atoms with van der Waals surface area (Å²) in [6, 6.07) is 0. The molecule has 0 aliphatic carbocycles. The van der Waals surface area contributed by atoms with E-state index in [1.54, 1.807) is 18.3 Å². The zero-order valence-electron chi connectivity index (χ0n) is 14.3. The Morgan fingerprint density at radius 1 is 1.46 bits per heavy atom. The van der Waals surface area contributed by atoms with E-state index in [-0.39, 0.29) is 12.0 Å². The monoisotopic (exact) mass is 353 g/mol. The van der Waals surface area contributed by atoms with E-state index in [2.05, 4.69) is 15.6 Å². The molecule has 134 valence electrons. The average molecular weight is 353 g/mol. The van der Waals surface area contributed by atoms with Gasteiger partial charge in [0, 0.05) is 17.7 Å². The molecule has 0 saturated carbocycles. The molecule has 2 atom stereocenters. The summed E-state index contributed by atoms with van der Waals surface area (Å²) in [6.45, 7) is 5.16. The molecule has 2 fully saturated rings. The molecule has 2 unspecified atom stereocenters. The van der Waals surface area contributed by atoms with Gasteiger partial charge >= 0.3 is 0 Å². The van der Waals surface area contributed by atoms with Crippen LogP contribution in [0, 0.1) is 0 Å². The van der Waals surface area contributed by atoms with E-state index in [9.17, 15) is 4.79 Å². The third kappa shape index (κ3) is 4.99. The Morgan fingerprint density at radius 3 is 3.04 bits per heavy atom. The van der Waals surface area contributed by atoms with Gasteiger partial charge in [-0.3, -0.25) is 10.1 Å². The van der Waals surface area contributed by atoms with Gasteiger partial charge in [0.05, 0.1) is 12.7 Å². The van der Waals surface area contributed by atoms with Gasteiger partial charge in [0.15, 0.2) is 5.13 Å². The molecular formula is C17H27N3O3S. The van der Waals surface area contributed by atoms with Crippen molar-refractivity contribution in [2.45, 2.75) is 57.2 Å². The van der Waals surface area contributed by atoms with Crippen LogP contribution in [-0.4, -0.2) is 49.4 Å². The number of carbonyl (C=O) groups is 1. The molecule has 1 aromatic heterocycles. The Kier molecular flexibility index (Phi) is 6.59. The van der Waals surface area contributed by atoms with Gasteiger partial charge in [-0.1, -0.05) is 0 Å². The quantitative estimate of drug-likeness (QED) is 0.822. The molecule has 3 rings (SSSR count). The summed E-state index contributed by atoms with van der Waals surface area (Å²) in [5.74, 6) is 0.420. The van der Waals surface area contributed by atoms with Crippen molar-refractivity contribution in [2.75, 3.05) is 31.6 Å². The molecule has 1 aromatic rings. The van der Waals surface area contributed by atoms with Crippen LogP contribution >= 0.6 is 11.3 Å². The molecule has 6 nitrogen and oxygen atoms in total. The Bertz CT molecular complexity index is 525. The predicted molar refractivity (Wildman–Crippen MR) is 94.6 cm³/mol. The van der Waals surface area contributed by atoms with Gasteiger partial charge in [-0.15, -0.1) is 11.3 Å². The number of nitrogens with zero attached hydrogens (tertiary/aromatic N) is 1. The first-order valence-electron chi connectivity index (χ1n) is 8.93. The molecule has 0 spiro atoms. The molecule has 1 amide bonds. The number of piperidine rings is 1. The van der Waals surface area contributed by atoms with Gasteiger partial charge < -0.3 is 14.8 Å². The first-order valence-corrected chi connectivity index (χ1v) is 9.74. The summed E-state index contributed by atoms with van der Waals surface area (Å²) in [7, 11) is 0. The minimum Gasteiger partial charge on any atom is -0.376 e. The van der Waals surface area contributed by atoms with Crippen LogP contribution in [-0.2, 0) is 14.3 Å². The van der Waals surface area contributed by atoms with Crippen molar-refractivity contribution >= 4 is 22.4 Å². The summed E-state index contributed by atoms with van der Waals surface area (Å²) >= 11 is 1.58. The number of rotatable bonds is 6. The summed E-state index contributed by atoms with van der Waals surface area (Å²) in [4.78, 5) is 17.9. The summed E-state index contributed by atoms with van der Waals surface area (Å²) in [5.41, 5.74) is 0. The Morgan fingerprint density at radius 2 is 2.29 bits per heavy atom. The molecule has 24 heavy (non-hydrogen) atoms. The highest BCUT2D eigenvalue weighted by molar-refractivity contribution is 7.15. The Labute approximate surface area is 147 Å². The fraction of sp³-hybridized carbons (Fsp3) is 0.765. The van der Waals surface area contributed by atoms with Gasteiger partial charge in [-0.05, 0) is 58.0 Å². The van der Waals surface area contributed by atoms with Crippen LogP contribution in [0.5, 0.6) is 0 Å². The molecule has 0 radical (unpaired) electrons. The van der Waals surface area contributed by atoms with E-state index in [0.29, 0.717) is 17.7 Å². The number of carbonyl (C=O) groups excluding carboxylic acids is 1. The van der Waals surface area contributed by atoms with Crippen molar-refractivity contribution in [1.82, 2.24) is 10.3 Å². The lowest BCUT2D eigenvalue weighted by molar-refractivity contribution is -0.130. The summed E-state index contributed by atoms with van der Waals surface area (Å²) in [6.07, 6.45) is 7.11. The van der Waals surface area contributed by atoms with E-state index in [0.717, 1.165) is 45.4 Å². The van der Waals surface area contributed by atoms with E-state index >= 15 is 0 Å². The van der Waals surface area contributed by atoms with Crippen molar-refractivity contribution in [3.63, 3.8) is 0 Å². The number of anilines is 1. The highest BCUT2D eigenvalue weighted by Gasteiger charge is 2.21. The molecule has 2 saturated heterocycles. The van der Waals surface area contributed by atoms with Crippen LogP contribution in [0.3, 0.4) is 0 Å². The smallest absolute Gasteiger partial charge is 0.254 e. The fourth-order valence-electron chi connectivity index (χ4n) is 3.11. The lowest BCUT2D eigenvalue weighted by Crippen LogP contribution is -2.32. The minimum atomic E-state index is -0.498. The fourth-order valence-corrected chi connectivity index (χ4v) is 4.10.